The molecule has 2 aromatic rings. The molecule has 1 nitrogen and oxygen atoms in total. The van der Waals surface area contributed by atoms with E-state index in [0.717, 1.165) is 17.6 Å². The fourth-order valence-corrected chi connectivity index (χ4v) is 1.46. The van der Waals surface area contributed by atoms with Gasteiger partial charge in [-0.1, -0.05) is 37.3 Å². The van der Waals surface area contributed by atoms with Gasteiger partial charge in [-0.05, 0) is 30.2 Å². The average molecular weight is 199 g/mol. The monoisotopic (exact) mass is 199 g/mol. The van der Waals surface area contributed by atoms with Crippen LogP contribution in [0.15, 0.2) is 36.4 Å². The summed E-state index contributed by atoms with van der Waals surface area (Å²) in [6, 6.07) is 15.5. The van der Waals surface area contributed by atoms with Crippen LogP contribution in [-0.2, 0) is 0 Å². The molecule has 0 saturated carbocycles. The molecule has 77 valence electrons. The van der Waals surface area contributed by atoms with Gasteiger partial charge in [0, 0.05) is 6.07 Å². The molecular formula is C14H15O. The minimum Gasteiger partial charge on any atom is -0.490 e. The van der Waals surface area contributed by atoms with Crippen molar-refractivity contribution in [3.63, 3.8) is 0 Å². The molecule has 1 radical (unpaired) electrons. The molecule has 1 unspecified atom stereocenters. The van der Waals surface area contributed by atoms with Crippen molar-refractivity contribution in [3.05, 3.63) is 42.5 Å². The fourth-order valence-electron chi connectivity index (χ4n) is 1.46. The van der Waals surface area contributed by atoms with Crippen molar-refractivity contribution < 1.29 is 4.74 Å². The molecule has 0 N–H and O–H groups in total. The van der Waals surface area contributed by atoms with E-state index in [2.05, 4.69) is 38.1 Å². The van der Waals surface area contributed by atoms with Crippen molar-refractivity contribution >= 4 is 10.8 Å². The Morgan fingerprint density at radius 2 is 2.00 bits per heavy atom. The van der Waals surface area contributed by atoms with E-state index in [0.29, 0.717) is 0 Å². The molecule has 2 rings (SSSR count). The second kappa shape index (κ2) is 4.35. The lowest BCUT2D eigenvalue weighted by Crippen LogP contribution is -2.09. The second-order valence-corrected chi connectivity index (χ2v) is 3.75. The van der Waals surface area contributed by atoms with Crippen molar-refractivity contribution in [2.24, 2.45) is 0 Å². The molecule has 15 heavy (non-hydrogen) atoms. The zero-order valence-electron chi connectivity index (χ0n) is 9.16. The first kappa shape index (κ1) is 10.0. The van der Waals surface area contributed by atoms with Gasteiger partial charge in [0.15, 0.2) is 0 Å². The molecule has 0 aromatic heterocycles. The maximum absolute atomic E-state index is 5.72. The van der Waals surface area contributed by atoms with Crippen LogP contribution < -0.4 is 4.74 Å². The van der Waals surface area contributed by atoms with Gasteiger partial charge in [-0.15, -0.1) is 0 Å². The Morgan fingerprint density at radius 3 is 2.80 bits per heavy atom. The van der Waals surface area contributed by atoms with E-state index in [1.165, 1.54) is 5.39 Å². The third-order valence-corrected chi connectivity index (χ3v) is 2.54. The van der Waals surface area contributed by atoms with Crippen LogP contribution in [-0.4, -0.2) is 6.10 Å². The summed E-state index contributed by atoms with van der Waals surface area (Å²) >= 11 is 0. The molecular weight excluding hydrogens is 184 g/mol. The Kier molecular flexibility index (Phi) is 2.91. The fraction of sp³-hybridized carbons (Fsp3) is 0.286. The zero-order valence-corrected chi connectivity index (χ0v) is 9.16. The number of rotatable bonds is 3. The van der Waals surface area contributed by atoms with Gasteiger partial charge in [-0.2, -0.15) is 0 Å². The van der Waals surface area contributed by atoms with Gasteiger partial charge >= 0.3 is 0 Å². The average Bonchev–Trinajstić information content (AvgIpc) is 2.29. The normalized spacial score (nSPS) is 12.7. The Balaban J connectivity index is 2.30. The lowest BCUT2D eigenvalue weighted by molar-refractivity contribution is 0.217. The van der Waals surface area contributed by atoms with Crippen molar-refractivity contribution in [1.82, 2.24) is 0 Å². The first-order valence-electron chi connectivity index (χ1n) is 5.37. The number of hydrogen-bond donors (Lipinski definition) is 0. The summed E-state index contributed by atoms with van der Waals surface area (Å²) in [5.74, 6) is 0.836. The van der Waals surface area contributed by atoms with Crippen LogP contribution in [0.1, 0.15) is 20.3 Å². The molecule has 0 aliphatic rings. The summed E-state index contributed by atoms with van der Waals surface area (Å²) in [4.78, 5) is 0. The van der Waals surface area contributed by atoms with Crippen LogP contribution >= 0.6 is 0 Å². The van der Waals surface area contributed by atoms with Gasteiger partial charge < -0.3 is 4.74 Å². The van der Waals surface area contributed by atoms with Gasteiger partial charge in [0.2, 0.25) is 0 Å². The third-order valence-electron chi connectivity index (χ3n) is 2.54. The van der Waals surface area contributed by atoms with Crippen LogP contribution in [0, 0.1) is 6.07 Å². The Morgan fingerprint density at radius 1 is 1.20 bits per heavy atom. The van der Waals surface area contributed by atoms with E-state index in [4.69, 9.17) is 4.74 Å². The van der Waals surface area contributed by atoms with Crippen molar-refractivity contribution in [2.75, 3.05) is 0 Å². The highest BCUT2D eigenvalue weighted by Gasteiger charge is 2.01. The summed E-state index contributed by atoms with van der Waals surface area (Å²) in [5.41, 5.74) is 0. The van der Waals surface area contributed by atoms with Crippen LogP contribution in [0.5, 0.6) is 5.75 Å². The Bertz CT molecular complexity index is 448. The minimum absolute atomic E-state index is 0.252. The third kappa shape index (κ3) is 2.30. The molecule has 2 aromatic carbocycles. The number of ether oxygens (including phenoxy) is 1. The first-order valence-corrected chi connectivity index (χ1v) is 5.37. The van der Waals surface area contributed by atoms with E-state index in [-0.39, 0.29) is 6.10 Å². The summed E-state index contributed by atoms with van der Waals surface area (Å²) in [6.45, 7) is 4.19. The van der Waals surface area contributed by atoms with Gasteiger partial charge in [-0.25, -0.2) is 0 Å². The molecule has 0 bridgehead atoms. The molecule has 0 heterocycles. The molecule has 1 heteroatoms. The highest BCUT2D eigenvalue weighted by molar-refractivity contribution is 5.83. The maximum atomic E-state index is 5.72. The summed E-state index contributed by atoms with van der Waals surface area (Å²) < 4.78 is 5.72. The topological polar surface area (TPSA) is 9.23 Å². The SMILES string of the molecule is CCC(C)Oc1[c]c2ccccc2cc1. The van der Waals surface area contributed by atoms with Crippen LogP contribution in [0.25, 0.3) is 10.8 Å². The predicted molar refractivity (Wildman–Crippen MR) is 63.2 cm³/mol. The van der Waals surface area contributed by atoms with Gasteiger partial charge in [0.25, 0.3) is 0 Å². The van der Waals surface area contributed by atoms with Crippen LogP contribution in [0.3, 0.4) is 0 Å². The zero-order chi connectivity index (χ0) is 10.7. The van der Waals surface area contributed by atoms with E-state index in [1.54, 1.807) is 0 Å². The molecule has 1 atom stereocenters. The number of fused-ring (bicyclic) bond motifs is 1. The first-order chi connectivity index (χ1) is 7.29. The lowest BCUT2D eigenvalue weighted by Gasteiger charge is -2.12. The molecule has 0 amide bonds. The van der Waals surface area contributed by atoms with E-state index in [1.807, 2.05) is 18.2 Å². The predicted octanol–water partition coefficient (Wildman–Crippen LogP) is 3.82. The van der Waals surface area contributed by atoms with E-state index in [9.17, 15) is 0 Å². The van der Waals surface area contributed by atoms with Crippen LogP contribution in [0.4, 0.5) is 0 Å². The summed E-state index contributed by atoms with van der Waals surface area (Å²) in [5, 5.41) is 2.31. The standard InChI is InChI=1S/C14H15O/c1-3-11(2)15-14-9-8-12-6-4-5-7-13(12)10-14/h4-9,11H,3H2,1-2H3. The van der Waals surface area contributed by atoms with Gasteiger partial charge in [0.05, 0.1) is 6.10 Å². The largest absolute Gasteiger partial charge is 0.490 e. The highest BCUT2D eigenvalue weighted by atomic mass is 16.5. The van der Waals surface area contributed by atoms with E-state index < -0.39 is 0 Å². The Labute approximate surface area is 90.7 Å². The van der Waals surface area contributed by atoms with Crippen molar-refractivity contribution in [3.8, 4) is 5.75 Å². The maximum Gasteiger partial charge on any atom is 0.128 e. The molecule has 0 aliphatic carbocycles. The quantitative estimate of drug-likeness (QED) is 0.730. The molecule has 0 aliphatic heterocycles. The van der Waals surface area contributed by atoms with Gasteiger partial charge in [-0.3, -0.25) is 0 Å². The lowest BCUT2D eigenvalue weighted by atomic mass is 10.1. The number of hydrogen-bond acceptors (Lipinski definition) is 1. The highest BCUT2D eigenvalue weighted by Crippen LogP contribution is 2.20. The molecule has 0 saturated heterocycles. The van der Waals surface area contributed by atoms with Crippen LogP contribution in [0.2, 0.25) is 0 Å². The van der Waals surface area contributed by atoms with Crippen molar-refractivity contribution in [1.29, 1.82) is 0 Å². The Hall–Kier alpha value is -1.50. The molecule has 0 spiro atoms. The van der Waals surface area contributed by atoms with Crippen molar-refractivity contribution in [2.45, 2.75) is 26.4 Å². The van der Waals surface area contributed by atoms with Gasteiger partial charge in [0.1, 0.15) is 5.75 Å². The molecule has 0 fully saturated rings. The summed E-state index contributed by atoms with van der Waals surface area (Å²) in [7, 11) is 0. The summed E-state index contributed by atoms with van der Waals surface area (Å²) in [6.07, 6.45) is 1.27. The number of benzene rings is 2. The minimum atomic E-state index is 0.252. The second-order valence-electron chi connectivity index (χ2n) is 3.75. The van der Waals surface area contributed by atoms with E-state index >= 15 is 0 Å². The smallest absolute Gasteiger partial charge is 0.128 e.